The van der Waals surface area contributed by atoms with Gasteiger partial charge in [0.05, 0.1) is 0 Å². The Bertz CT molecular complexity index is 526. The first-order valence-electron chi connectivity index (χ1n) is 8.97. The lowest BCUT2D eigenvalue weighted by Gasteiger charge is -2.36. The average Bonchev–Trinajstić information content (AvgIpc) is 2.52. The van der Waals surface area contributed by atoms with Gasteiger partial charge in [0.25, 0.3) is 5.91 Å². The molecule has 0 aliphatic carbocycles. The predicted octanol–water partition coefficient (Wildman–Crippen LogP) is 6.32. The highest BCUT2D eigenvalue weighted by Gasteiger charge is 2.41. The van der Waals surface area contributed by atoms with Crippen LogP contribution in [0.4, 0.5) is 0 Å². The first kappa shape index (κ1) is 24.1. The standard InChI is InChI=1S/C18H27Cl2NO2.C2H6/c1-12(2)7-8-21(6)17(22)18(5,13(3)4)23-16-10-14(19)9-15(20)11-16;1-2/h9-13H,7-8H2,1-6H3;1-2H3. The van der Waals surface area contributed by atoms with Crippen LogP contribution in [0.3, 0.4) is 0 Å². The fraction of sp³-hybridized carbons (Fsp3) is 0.650. The fourth-order valence-electron chi connectivity index (χ4n) is 2.17. The fourth-order valence-corrected chi connectivity index (χ4v) is 2.68. The number of hydrogen-bond acceptors (Lipinski definition) is 2. The van der Waals surface area contributed by atoms with E-state index in [9.17, 15) is 4.79 Å². The van der Waals surface area contributed by atoms with Crippen LogP contribution >= 0.6 is 23.2 Å². The first-order valence-corrected chi connectivity index (χ1v) is 9.72. The summed E-state index contributed by atoms with van der Waals surface area (Å²) in [4.78, 5) is 14.7. The number of rotatable bonds is 7. The molecule has 0 heterocycles. The van der Waals surface area contributed by atoms with Crippen LogP contribution in [0.5, 0.6) is 5.75 Å². The molecule has 1 aromatic carbocycles. The SMILES string of the molecule is CC.CC(C)CCN(C)C(=O)C(C)(Oc1cc(Cl)cc(Cl)c1)C(C)C. The molecule has 0 radical (unpaired) electrons. The minimum absolute atomic E-state index is 0.00532. The van der Waals surface area contributed by atoms with Crippen molar-refractivity contribution in [2.75, 3.05) is 13.6 Å². The van der Waals surface area contributed by atoms with E-state index in [0.29, 0.717) is 28.3 Å². The second kappa shape index (κ2) is 10.9. The van der Waals surface area contributed by atoms with Gasteiger partial charge in [-0.2, -0.15) is 0 Å². The molecule has 25 heavy (non-hydrogen) atoms. The highest BCUT2D eigenvalue weighted by Crippen LogP contribution is 2.31. The second-order valence-electron chi connectivity index (χ2n) is 6.88. The minimum Gasteiger partial charge on any atom is -0.477 e. The summed E-state index contributed by atoms with van der Waals surface area (Å²) in [5.41, 5.74) is -0.972. The molecule has 5 heteroatoms. The van der Waals surface area contributed by atoms with Crippen molar-refractivity contribution in [1.29, 1.82) is 0 Å². The summed E-state index contributed by atoms with van der Waals surface area (Å²) in [6.45, 7) is 14.8. The van der Waals surface area contributed by atoms with Crippen molar-refractivity contribution in [2.24, 2.45) is 11.8 Å². The van der Waals surface area contributed by atoms with Crippen LogP contribution in [-0.2, 0) is 4.79 Å². The Morgan fingerprint density at radius 3 is 2.00 bits per heavy atom. The number of nitrogens with zero attached hydrogens (tertiary/aromatic N) is 1. The van der Waals surface area contributed by atoms with Crippen molar-refractivity contribution < 1.29 is 9.53 Å². The quantitative estimate of drug-likeness (QED) is 0.545. The van der Waals surface area contributed by atoms with Gasteiger partial charge >= 0.3 is 0 Å². The van der Waals surface area contributed by atoms with E-state index in [1.165, 1.54) is 0 Å². The normalized spacial score (nSPS) is 13.1. The van der Waals surface area contributed by atoms with E-state index in [2.05, 4.69) is 13.8 Å². The van der Waals surface area contributed by atoms with E-state index < -0.39 is 5.60 Å². The van der Waals surface area contributed by atoms with Crippen molar-refractivity contribution in [3.05, 3.63) is 28.2 Å². The zero-order chi connectivity index (χ0) is 19.8. The number of halogens is 2. The summed E-state index contributed by atoms with van der Waals surface area (Å²) >= 11 is 12.1. The number of benzene rings is 1. The molecule has 3 nitrogen and oxygen atoms in total. The third-order valence-electron chi connectivity index (χ3n) is 4.08. The van der Waals surface area contributed by atoms with Gasteiger partial charge in [0.2, 0.25) is 0 Å². The molecule has 0 saturated heterocycles. The molecule has 1 unspecified atom stereocenters. The lowest BCUT2D eigenvalue weighted by molar-refractivity contribution is -0.149. The molecule has 0 bridgehead atoms. The Kier molecular flexibility index (Phi) is 10.5. The van der Waals surface area contributed by atoms with Crippen LogP contribution in [0.2, 0.25) is 10.0 Å². The summed E-state index contributed by atoms with van der Waals surface area (Å²) in [5.74, 6) is 1.01. The van der Waals surface area contributed by atoms with Crippen LogP contribution in [-0.4, -0.2) is 30.0 Å². The summed E-state index contributed by atoms with van der Waals surface area (Å²) in [6.07, 6.45) is 0.958. The molecule has 1 aromatic rings. The molecule has 144 valence electrons. The van der Waals surface area contributed by atoms with Crippen molar-refractivity contribution in [3.63, 3.8) is 0 Å². The molecule has 0 spiro atoms. The molecule has 0 fully saturated rings. The molecule has 1 rings (SSSR count). The Morgan fingerprint density at radius 1 is 1.12 bits per heavy atom. The van der Waals surface area contributed by atoms with Crippen molar-refractivity contribution >= 4 is 29.1 Å². The summed E-state index contributed by atoms with van der Waals surface area (Å²) in [5, 5.41) is 0.971. The van der Waals surface area contributed by atoms with Crippen LogP contribution in [0.25, 0.3) is 0 Å². The van der Waals surface area contributed by atoms with E-state index >= 15 is 0 Å². The van der Waals surface area contributed by atoms with Gasteiger partial charge in [-0.1, -0.05) is 64.7 Å². The van der Waals surface area contributed by atoms with Gasteiger partial charge < -0.3 is 9.64 Å². The third kappa shape index (κ3) is 7.45. The van der Waals surface area contributed by atoms with E-state index in [1.807, 2.05) is 41.7 Å². The van der Waals surface area contributed by atoms with Crippen LogP contribution < -0.4 is 4.74 Å². The van der Waals surface area contributed by atoms with Crippen LogP contribution in [0, 0.1) is 11.8 Å². The van der Waals surface area contributed by atoms with Gasteiger partial charge in [0.15, 0.2) is 5.60 Å². The van der Waals surface area contributed by atoms with Gasteiger partial charge in [-0.25, -0.2) is 0 Å². The van der Waals surface area contributed by atoms with Gasteiger partial charge in [-0.3, -0.25) is 4.79 Å². The van der Waals surface area contributed by atoms with Gasteiger partial charge in [0.1, 0.15) is 5.75 Å². The van der Waals surface area contributed by atoms with E-state index in [1.54, 1.807) is 23.1 Å². The number of ether oxygens (including phenoxy) is 1. The van der Waals surface area contributed by atoms with E-state index in [0.717, 1.165) is 6.42 Å². The summed E-state index contributed by atoms with van der Waals surface area (Å²) in [6, 6.07) is 4.99. The first-order chi connectivity index (χ1) is 11.6. The van der Waals surface area contributed by atoms with Gasteiger partial charge in [-0.15, -0.1) is 0 Å². The highest BCUT2D eigenvalue weighted by molar-refractivity contribution is 6.34. The van der Waals surface area contributed by atoms with E-state index in [-0.39, 0.29) is 11.8 Å². The maximum atomic E-state index is 12.9. The minimum atomic E-state index is -0.972. The number of likely N-dealkylation sites (N-methyl/N-ethyl adjacent to an activating group) is 1. The zero-order valence-corrected chi connectivity index (χ0v) is 18.3. The molecular formula is C20H33Cl2NO2. The van der Waals surface area contributed by atoms with Gasteiger partial charge in [-0.05, 0) is 37.5 Å². The molecule has 1 atom stereocenters. The Hall–Kier alpha value is -0.930. The third-order valence-corrected chi connectivity index (χ3v) is 4.52. The maximum Gasteiger partial charge on any atom is 0.266 e. The number of carbonyl (C=O) groups excluding carboxylic acids is 1. The van der Waals surface area contributed by atoms with Crippen molar-refractivity contribution in [3.8, 4) is 5.75 Å². The largest absolute Gasteiger partial charge is 0.477 e. The van der Waals surface area contributed by atoms with Gasteiger partial charge in [0, 0.05) is 29.6 Å². The molecular weight excluding hydrogens is 357 g/mol. The Morgan fingerprint density at radius 2 is 1.60 bits per heavy atom. The monoisotopic (exact) mass is 389 g/mol. The number of carbonyl (C=O) groups is 1. The topological polar surface area (TPSA) is 29.5 Å². The van der Waals surface area contributed by atoms with Crippen LogP contribution in [0.15, 0.2) is 18.2 Å². The Labute approximate surface area is 163 Å². The molecule has 0 saturated carbocycles. The molecule has 0 N–H and O–H groups in total. The van der Waals surface area contributed by atoms with E-state index in [4.69, 9.17) is 27.9 Å². The lowest BCUT2D eigenvalue weighted by atomic mass is 9.90. The smallest absolute Gasteiger partial charge is 0.266 e. The van der Waals surface area contributed by atoms with Crippen LogP contribution in [0.1, 0.15) is 54.9 Å². The molecule has 1 amide bonds. The summed E-state index contributed by atoms with van der Waals surface area (Å²) < 4.78 is 6.05. The van der Waals surface area contributed by atoms with Crippen molar-refractivity contribution in [2.45, 2.75) is 60.5 Å². The van der Waals surface area contributed by atoms with Crippen molar-refractivity contribution in [1.82, 2.24) is 4.90 Å². The highest BCUT2D eigenvalue weighted by atomic mass is 35.5. The number of amides is 1. The number of hydrogen-bond donors (Lipinski definition) is 0. The molecule has 0 aliphatic rings. The maximum absolute atomic E-state index is 12.9. The molecule has 0 aliphatic heterocycles. The summed E-state index contributed by atoms with van der Waals surface area (Å²) in [7, 11) is 1.82. The molecule has 0 aromatic heterocycles. The Balaban J connectivity index is 0.00000277. The average molecular weight is 390 g/mol. The zero-order valence-electron chi connectivity index (χ0n) is 16.8. The predicted molar refractivity (Wildman–Crippen MR) is 109 cm³/mol. The lowest BCUT2D eigenvalue weighted by Crippen LogP contribution is -2.53. The second-order valence-corrected chi connectivity index (χ2v) is 7.75.